The summed E-state index contributed by atoms with van der Waals surface area (Å²) in [5.74, 6) is 0.767. The lowest BCUT2D eigenvalue weighted by Crippen LogP contribution is -2.31. The van der Waals surface area contributed by atoms with Crippen molar-refractivity contribution in [3.8, 4) is 0 Å². The van der Waals surface area contributed by atoms with E-state index in [0.29, 0.717) is 0 Å². The molecule has 0 saturated heterocycles. The van der Waals surface area contributed by atoms with Gasteiger partial charge in [-0.1, -0.05) is 13.8 Å². The maximum atomic E-state index is 3.10. The summed E-state index contributed by atoms with van der Waals surface area (Å²) in [7, 11) is 4.09. The third-order valence-corrected chi connectivity index (χ3v) is 1.10. The molecule has 2 nitrogen and oxygen atoms in total. The number of hydrogen-bond donors (Lipinski definition) is 1. The Morgan fingerprint density at radius 1 is 1.44 bits per heavy atom. The van der Waals surface area contributed by atoms with E-state index in [4.69, 9.17) is 0 Å². The molecule has 0 rings (SSSR count). The largest absolute Gasteiger partial charge is 0.307 e. The minimum atomic E-state index is 0.767. The Labute approximate surface area is 58.2 Å². The van der Waals surface area contributed by atoms with Crippen LogP contribution in [-0.2, 0) is 0 Å². The first-order valence-electron chi connectivity index (χ1n) is 3.50. The van der Waals surface area contributed by atoms with Crippen LogP contribution in [-0.4, -0.2) is 32.2 Å². The van der Waals surface area contributed by atoms with Crippen molar-refractivity contribution in [1.82, 2.24) is 10.2 Å². The molecule has 0 atom stereocenters. The van der Waals surface area contributed by atoms with Crippen LogP contribution < -0.4 is 5.32 Å². The fourth-order valence-corrected chi connectivity index (χ4v) is 0.958. The molecule has 2 heteroatoms. The summed E-state index contributed by atoms with van der Waals surface area (Å²) in [5.41, 5.74) is 0. The zero-order chi connectivity index (χ0) is 7.28. The molecule has 0 heterocycles. The Balaban J connectivity index is 3.15. The summed E-state index contributed by atoms with van der Waals surface area (Å²) in [5, 5.41) is 3.10. The van der Waals surface area contributed by atoms with Gasteiger partial charge in [0.1, 0.15) is 0 Å². The maximum absolute atomic E-state index is 3.10. The van der Waals surface area contributed by atoms with Gasteiger partial charge in [0.05, 0.1) is 0 Å². The first-order valence-corrected chi connectivity index (χ1v) is 3.50. The van der Waals surface area contributed by atoms with E-state index in [1.165, 1.54) is 6.54 Å². The normalized spacial score (nSPS) is 11.3. The van der Waals surface area contributed by atoms with Crippen molar-refractivity contribution < 1.29 is 0 Å². The molecule has 0 aliphatic heterocycles. The summed E-state index contributed by atoms with van der Waals surface area (Å²) in [6.45, 7) is 6.61. The molecule has 0 spiro atoms. The van der Waals surface area contributed by atoms with Crippen LogP contribution in [0.25, 0.3) is 0 Å². The molecule has 0 unspecified atom stereocenters. The third kappa shape index (κ3) is 5.80. The SMILES string of the molecule is CNCN(C)CC(C)C. The smallest absolute Gasteiger partial charge is 0.0475 e. The van der Waals surface area contributed by atoms with Crippen LogP contribution in [0.3, 0.4) is 0 Å². The highest BCUT2D eigenvalue weighted by Crippen LogP contribution is 1.92. The summed E-state index contributed by atoms with van der Waals surface area (Å²) in [6, 6.07) is 0. The molecule has 1 N–H and O–H groups in total. The van der Waals surface area contributed by atoms with E-state index in [9.17, 15) is 0 Å². The Hall–Kier alpha value is -0.0800. The van der Waals surface area contributed by atoms with Gasteiger partial charge >= 0.3 is 0 Å². The van der Waals surface area contributed by atoms with Gasteiger partial charge in [-0.2, -0.15) is 0 Å². The van der Waals surface area contributed by atoms with Crippen LogP contribution in [0.2, 0.25) is 0 Å². The van der Waals surface area contributed by atoms with Gasteiger partial charge < -0.3 is 5.32 Å². The van der Waals surface area contributed by atoms with E-state index in [2.05, 4.69) is 31.1 Å². The van der Waals surface area contributed by atoms with E-state index >= 15 is 0 Å². The lowest BCUT2D eigenvalue weighted by atomic mass is 10.2. The van der Waals surface area contributed by atoms with E-state index in [-0.39, 0.29) is 0 Å². The first kappa shape index (κ1) is 8.92. The van der Waals surface area contributed by atoms with Crippen molar-refractivity contribution in [3.05, 3.63) is 0 Å². The van der Waals surface area contributed by atoms with Gasteiger partial charge in [0.2, 0.25) is 0 Å². The van der Waals surface area contributed by atoms with E-state index in [1.54, 1.807) is 0 Å². The molecule has 0 aliphatic carbocycles. The third-order valence-electron chi connectivity index (χ3n) is 1.10. The topological polar surface area (TPSA) is 15.3 Å². The molecule has 0 amide bonds. The van der Waals surface area contributed by atoms with Gasteiger partial charge in [-0.05, 0) is 20.0 Å². The Morgan fingerprint density at radius 3 is 2.33 bits per heavy atom. The summed E-state index contributed by atoms with van der Waals surface area (Å²) >= 11 is 0. The van der Waals surface area contributed by atoms with Crippen molar-refractivity contribution in [3.63, 3.8) is 0 Å². The summed E-state index contributed by atoms with van der Waals surface area (Å²) in [4.78, 5) is 2.27. The maximum Gasteiger partial charge on any atom is 0.0475 e. The molecule has 9 heavy (non-hydrogen) atoms. The predicted octanol–water partition coefficient (Wildman–Crippen LogP) is 0.751. The number of nitrogens with one attached hydrogen (secondary N) is 1. The molecule has 56 valence electrons. The number of hydrogen-bond acceptors (Lipinski definition) is 2. The van der Waals surface area contributed by atoms with Gasteiger partial charge in [-0.15, -0.1) is 0 Å². The molecule has 0 aromatic carbocycles. The first-order chi connectivity index (χ1) is 4.16. The van der Waals surface area contributed by atoms with Crippen LogP contribution in [0, 0.1) is 5.92 Å². The van der Waals surface area contributed by atoms with Crippen LogP contribution in [0.4, 0.5) is 0 Å². The number of rotatable bonds is 4. The van der Waals surface area contributed by atoms with Gasteiger partial charge in [-0.3, -0.25) is 4.90 Å². The second kappa shape index (κ2) is 4.77. The average Bonchev–Trinajstić information content (AvgIpc) is 1.63. The highest BCUT2D eigenvalue weighted by atomic mass is 15.2. The molecule has 0 fully saturated rings. The standard InChI is InChI=1S/C7H18N2/c1-7(2)5-9(4)6-8-3/h7-8H,5-6H2,1-4H3. The average molecular weight is 130 g/mol. The monoisotopic (exact) mass is 130 g/mol. The van der Waals surface area contributed by atoms with Gasteiger partial charge in [0, 0.05) is 13.2 Å². The second-order valence-corrected chi connectivity index (χ2v) is 2.94. The van der Waals surface area contributed by atoms with Crippen molar-refractivity contribution in [2.24, 2.45) is 5.92 Å². The zero-order valence-electron chi connectivity index (χ0n) is 6.94. The molecule has 0 aromatic heterocycles. The molecule has 0 bridgehead atoms. The summed E-state index contributed by atoms with van der Waals surface area (Å²) in [6.07, 6.45) is 0. The Kier molecular flexibility index (Phi) is 4.72. The van der Waals surface area contributed by atoms with E-state index in [1.807, 2.05) is 7.05 Å². The van der Waals surface area contributed by atoms with Crippen LogP contribution in [0.15, 0.2) is 0 Å². The molecular formula is C7H18N2. The van der Waals surface area contributed by atoms with Crippen LogP contribution in [0.5, 0.6) is 0 Å². The predicted molar refractivity (Wildman–Crippen MR) is 41.4 cm³/mol. The van der Waals surface area contributed by atoms with Crippen molar-refractivity contribution in [2.45, 2.75) is 13.8 Å². The Morgan fingerprint density at radius 2 is 2.00 bits per heavy atom. The highest BCUT2D eigenvalue weighted by molar-refractivity contribution is 4.50. The highest BCUT2D eigenvalue weighted by Gasteiger charge is 1.97. The van der Waals surface area contributed by atoms with Crippen LogP contribution in [0.1, 0.15) is 13.8 Å². The quantitative estimate of drug-likeness (QED) is 0.565. The summed E-state index contributed by atoms with van der Waals surface area (Å²) < 4.78 is 0. The fourth-order valence-electron chi connectivity index (χ4n) is 0.958. The lowest BCUT2D eigenvalue weighted by molar-refractivity contribution is 0.282. The molecule has 0 aromatic rings. The van der Waals surface area contributed by atoms with Crippen LogP contribution >= 0.6 is 0 Å². The van der Waals surface area contributed by atoms with Crippen molar-refractivity contribution >= 4 is 0 Å². The second-order valence-electron chi connectivity index (χ2n) is 2.94. The molecular weight excluding hydrogens is 112 g/mol. The minimum Gasteiger partial charge on any atom is -0.307 e. The molecule has 0 aliphatic rings. The van der Waals surface area contributed by atoms with Crippen molar-refractivity contribution in [2.75, 3.05) is 27.3 Å². The van der Waals surface area contributed by atoms with Gasteiger partial charge in [0.15, 0.2) is 0 Å². The van der Waals surface area contributed by atoms with Gasteiger partial charge in [-0.25, -0.2) is 0 Å². The van der Waals surface area contributed by atoms with Gasteiger partial charge in [0.25, 0.3) is 0 Å². The zero-order valence-corrected chi connectivity index (χ0v) is 6.94. The van der Waals surface area contributed by atoms with Crippen molar-refractivity contribution in [1.29, 1.82) is 0 Å². The Bertz CT molecular complexity index is 61.9. The van der Waals surface area contributed by atoms with E-state index in [0.717, 1.165) is 12.6 Å². The fraction of sp³-hybridized carbons (Fsp3) is 1.00. The molecule has 0 radical (unpaired) electrons. The van der Waals surface area contributed by atoms with E-state index < -0.39 is 0 Å². The minimum absolute atomic E-state index is 0.767. The molecule has 0 saturated carbocycles. The number of nitrogens with zero attached hydrogens (tertiary/aromatic N) is 1. The lowest BCUT2D eigenvalue weighted by Gasteiger charge is -2.17.